The van der Waals surface area contributed by atoms with Gasteiger partial charge in [-0.3, -0.25) is 4.90 Å². The minimum Gasteiger partial charge on any atom is -0.396 e. The third-order valence-corrected chi connectivity index (χ3v) is 4.99. The van der Waals surface area contributed by atoms with Crippen LogP contribution in [-0.2, 0) is 0 Å². The van der Waals surface area contributed by atoms with Crippen molar-refractivity contribution in [3.63, 3.8) is 0 Å². The van der Waals surface area contributed by atoms with E-state index < -0.39 is 0 Å². The molecule has 4 nitrogen and oxygen atoms in total. The van der Waals surface area contributed by atoms with E-state index >= 15 is 0 Å². The molecule has 0 aromatic rings. The standard InChI is InChI=1S/C13H25N3O/c1-14-2-4-15(5-3-14)6-7-16-8-11-12(9-16)13(11)10-17/h11-13,17H,2-10H2,1H3. The monoisotopic (exact) mass is 239 g/mol. The Morgan fingerprint density at radius 3 is 2.12 bits per heavy atom. The van der Waals surface area contributed by atoms with Crippen molar-refractivity contribution in [3.8, 4) is 0 Å². The number of piperidine rings is 1. The van der Waals surface area contributed by atoms with Gasteiger partial charge in [-0.25, -0.2) is 0 Å². The van der Waals surface area contributed by atoms with Gasteiger partial charge < -0.3 is 14.9 Å². The van der Waals surface area contributed by atoms with Crippen molar-refractivity contribution in [1.82, 2.24) is 14.7 Å². The number of rotatable bonds is 4. The lowest BCUT2D eigenvalue weighted by Gasteiger charge is -2.33. The summed E-state index contributed by atoms with van der Waals surface area (Å²) in [5, 5.41) is 9.13. The Kier molecular flexibility index (Phi) is 3.39. The highest BCUT2D eigenvalue weighted by molar-refractivity contribution is 5.04. The smallest absolute Gasteiger partial charge is 0.0465 e. The molecule has 98 valence electrons. The molecule has 1 aliphatic carbocycles. The van der Waals surface area contributed by atoms with Crippen molar-refractivity contribution in [2.24, 2.45) is 17.8 Å². The van der Waals surface area contributed by atoms with Gasteiger partial charge in [0.25, 0.3) is 0 Å². The van der Waals surface area contributed by atoms with Gasteiger partial charge in [-0.1, -0.05) is 0 Å². The Hall–Kier alpha value is -0.160. The van der Waals surface area contributed by atoms with Gasteiger partial charge in [-0.15, -0.1) is 0 Å². The topological polar surface area (TPSA) is 30.0 Å². The van der Waals surface area contributed by atoms with Gasteiger partial charge in [0.2, 0.25) is 0 Å². The molecule has 0 radical (unpaired) electrons. The fourth-order valence-corrected chi connectivity index (χ4v) is 3.54. The number of hydrogen-bond acceptors (Lipinski definition) is 4. The van der Waals surface area contributed by atoms with Crippen LogP contribution >= 0.6 is 0 Å². The summed E-state index contributed by atoms with van der Waals surface area (Å²) in [5.41, 5.74) is 0. The predicted octanol–water partition coefficient (Wildman–Crippen LogP) is -0.596. The normalized spacial score (nSPS) is 39.5. The van der Waals surface area contributed by atoms with Crippen LogP contribution in [0.25, 0.3) is 0 Å². The number of hydrogen-bond donors (Lipinski definition) is 1. The third-order valence-electron chi connectivity index (χ3n) is 4.99. The van der Waals surface area contributed by atoms with E-state index in [9.17, 15) is 0 Å². The lowest BCUT2D eigenvalue weighted by molar-refractivity contribution is 0.134. The number of aliphatic hydroxyl groups is 1. The fraction of sp³-hybridized carbons (Fsp3) is 1.00. The van der Waals surface area contributed by atoms with Crippen molar-refractivity contribution >= 4 is 0 Å². The number of nitrogens with zero attached hydrogens (tertiary/aromatic N) is 3. The van der Waals surface area contributed by atoms with Crippen molar-refractivity contribution in [1.29, 1.82) is 0 Å². The first-order chi connectivity index (χ1) is 8.28. The summed E-state index contributed by atoms with van der Waals surface area (Å²) in [6, 6.07) is 0. The first-order valence-electron chi connectivity index (χ1n) is 7.02. The summed E-state index contributed by atoms with van der Waals surface area (Å²) < 4.78 is 0. The lowest BCUT2D eigenvalue weighted by Crippen LogP contribution is -2.47. The second-order valence-corrected chi connectivity index (χ2v) is 6.08. The zero-order chi connectivity index (χ0) is 11.8. The maximum absolute atomic E-state index is 9.13. The van der Waals surface area contributed by atoms with Crippen LogP contribution in [0.15, 0.2) is 0 Å². The largest absolute Gasteiger partial charge is 0.396 e. The highest BCUT2D eigenvalue weighted by atomic mass is 16.3. The van der Waals surface area contributed by atoms with E-state index in [1.807, 2.05) is 0 Å². The van der Waals surface area contributed by atoms with Crippen LogP contribution in [-0.4, -0.2) is 85.8 Å². The van der Waals surface area contributed by atoms with Crippen molar-refractivity contribution in [3.05, 3.63) is 0 Å². The van der Waals surface area contributed by atoms with Gasteiger partial charge in [0, 0.05) is 59.0 Å². The second kappa shape index (κ2) is 4.84. The van der Waals surface area contributed by atoms with Gasteiger partial charge in [-0.05, 0) is 24.8 Å². The van der Waals surface area contributed by atoms with E-state index in [1.54, 1.807) is 0 Å². The molecule has 0 spiro atoms. The molecule has 2 aliphatic heterocycles. The number of likely N-dealkylation sites (tertiary alicyclic amines) is 1. The molecular formula is C13H25N3O. The van der Waals surface area contributed by atoms with Crippen molar-refractivity contribution < 1.29 is 5.11 Å². The van der Waals surface area contributed by atoms with Crippen LogP contribution in [0, 0.1) is 17.8 Å². The van der Waals surface area contributed by atoms with Crippen LogP contribution in [0.3, 0.4) is 0 Å². The zero-order valence-electron chi connectivity index (χ0n) is 10.9. The van der Waals surface area contributed by atoms with Gasteiger partial charge in [0.05, 0.1) is 0 Å². The summed E-state index contributed by atoms with van der Waals surface area (Å²) in [7, 11) is 2.21. The summed E-state index contributed by atoms with van der Waals surface area (Å²) in [5.74, 6) is 2.30. The maximum Gasteiger partial charge on any atom is 0.0465 e. The Bertz CT molecular complexity index is 253. The molecule has 0 amide bonds. The van der Waals surface area contributed by atoms with E-state index in [2.05, 4.69) is 21.7 Å². The second-order valence-electron chi connectivity index (χ2n) is 6.08. The van der Waals surface area contributed by atoms with Crippen LogP contribution in [0.4, 0.5) is 0 Å². The first-order valence-corrected chi connectivity index (χ1v) is 7.02. The molecular weight excluding hydrogens is 214 g/mol. The molecule has 0 aromatic carbocycles. The van der Waals surface area contributed by atoms with Crippen LogP contribution in [0.5, 0.6) is 0 Å². The molecule has 1 N–H and O–H groups in total. The van der Waals surface area contributed by atoms with Crippen LogP contribution < -0.4 is 0 Å². The van der Waals surface area contributed by atoms with Gasteiger partial charge in [0.15, 0.2) is 0 Å². The quantitative estimate of drug-likeness (QED) is 0.710. The summed E-state index contributed by atoms with van der Waals surface area (Å²) in [4.78, 5) is 7.60. The third kappa shape index (κ3) is 2.50. The van der Waals surface area contributed by atoms with Gasteiger partial charge in [-0.2, -0.15) is 0 Å². The van der Waals surface area contributed by atoms with Crippen molar-refractivity contribution in [2.75, 3.05) is 66.0 Å². The van der Waals surface area contributed by atoms with Crippen molar-refractivity contribution in [2.45, 2.75) is 0 Å². The fourth-order valence-electron chi connectivity index (χ4n) is 3.54. The predicted molar refractivity (Wildman–Crippen MR) is 67.9 cm³/mol. The minimum atomic E-state index is 0.418. The molecule has 3 aliphatic rings. The van der Waals surface area contributed by atoms with Crippen LogP contribution in [0.1, 0.15) is 0 Å². The summed E-state index contributed by atoms with van der Waals surface area (Å²) in [6.45, 7) is 10.3. The highest BCUT2D eigenvalue weighted by Crippen LogP contribution is 2.51. The molecule has 3 rings (SSSR count). The zero-order valence-corrected chi connectivity index (χ0v) is 10.9. The van der Waals surface area contributed by atoms with E-state index in [0.717, 1.165) is 11.8 Å². The number of aliphatic hydroxyl groups excluding tert-OH is 1. The number of likely N-dealkylation sites (N-methyl/N-ethyl adjacent to an activating group) is 1. The molecule has 17 heavy (non-hydrogen) atoms. The molecule has 0 aromatic heterocycles. The van der Waals surface area contributed by atoms with Gasteiger partial charge in [0.1, 0.15) is 0 Å². The molecule has 2 heterocycles. The van der Waals surface area contributed by atoms with Gasteiger partial charge >= 0.3 is 0 Å². The van der Waals surface area contributed by atoms with E-state index in [0.29, 0.717) is 12.5 Å². The first kappa shape index (κ1) is 11.9. The Balaban J connectivity index is 1.34. The summed E-state index contributed by atoms with van der Waals surface area (Å²) >= 11 is 0. The molecule has 2 unspecified atom stereocenters. The average molecular weight is 239 g/mol. The van der Waals surface area contributed by atoms with E-state index in [-0.39, 0.29) is 0 Å². The molecule has 2 saturated heterocycles. The molecule has 4 heteroatoms. The molecule has 1 saturated carbocycles. The summed E-state index contributed by atoms with van der Waals surface area (Å²) in [6.07, 6.45) is 0. The minimum absolute atomic E-state index is 0.418. The molecule has 2 atom stereocenters. The number of piperazine rings is 1. The average Bonchev–Trinajstić information content (AvgIpc) is 2.82. The number of fused-ring (bicyclic) bond motifs is 1. The van der Waals surface area contributed by atoms with E-state index in [1.165, 1.54) is 52.4 Å². The molecule has 3 fully saturated rings. The SMILES string of the molecule is CN1CCN(CCN2CC3C(CO)C3C2)CC1. The maximum atomic E-state index is 9.13. The Morgan fingerprint density at radius 2 is 1.53 bits per heavy atom. The van der Waals surface area contributed by atoms with Crippen LogP contribution in [0.2, 0.25) is 0 Å². The Morgan fingerprint density at radius 1 is 0.941 bits per heavy atom. The lowest BCUT2D eigenvalue weighted by atomic mass is 10.2. The molecule has 0 bridgehead atoms. The highest BCUT2D eigenvalue weighted by Gasteiger charge is 2.54. The van der Waals surface area contributed by atoms with E-state index in [4.69, 9.17) is 5.11 Å². The Labute approximate surface area is 104 Å².